The van der Waals surface area contributed by atoms with Crippen molar-refractivity contribution < 1.29 is 9.53 Å². The predicted octanol–water partition coefficient (Wildman–Crippen LogP) is 1.90. The lowest BCUT2D eigenvalue weighted by atomic mass is 9.93. The third-order valence-corrected chi connectivity index (χ3v) is 3.62. The Kier molecular flexibility index (Phi) is 5.33. The second-order valence-corrected chi connectivity index (χ2v) is 5.12. The summed E-state index contributed by atoms with van der Waals surface area (Å²) in [4.78, 5) is 18.3. The first-order chi connectivity index (χ1) is 9.29. The summed E-state index contributed by atoms with van der Waals surface area (Å²) in [5.41, 5.74) is 1.12. The van der Waals surface area contributed by atoms with Crippen molar-refractivity contribution in [3.8, 4) is 0 Å². The monoisotopic (exact) mass is 262 g/mol. The first-order valence-electron chi connectivity index (χ1n) is 6.96. The molecule has 0 aromatic carbocycles. The highest BCUT2D eigenvalue weighted by atomic mass is 16.5. The normalized spacial score (nSPS) is 19.4. The van der Waals surface area contributed by atoms with Crippen molar-refractivity contribution in [3.05, 3.63) is 30.1 Å². The van der Waals surface area contributed by atoms with Crippen molar-refractivity contribution in [2.45, 2.75) is 25.7 Å². The van der Waals surface area contributed by atoms with Gasteiger partial charge in [0.15, 0.2) is 0 Å². The van der Waals surface area contributed by atoms with E-state index in [2.05, 4.69) is 11.1 Å². The topological polar surface area (TPSA) is 42.4 Å². The summed E-state index contributed by atoms with van der Waals surface area (Å²) in [6.45, 7) is 2.26. The molecular formula is C15H22N2O2. The largest absolute Gasteiger partial charge is 0.384 e. The fourth-order valence-electron chi connectivity index (χ4n) is 2.62. The van der Waals surface area contributed by atoms with Gasteiger partial charge in [0.05, 0.1) is 13.0 Å². The molecule has 4 heteroatoms. The van der Waals surface area contributed by atoms with Gasteiger partial charge in [0.25, 0.3) is 0 Å². The second-order valence-electron chi connectivity index (χ2n) is 5.12. The lowest BCUT2D eigenvalue weighted by molar-refractivity contribution is -0.133. The Morgan fingerprint density at radius 2 is 2.42 bits per heavy atom. The number of methoxy groups -OCH3 is 1. The number of amides is 1. The number of hydrogen-bond acceptors (Lipinski definition) is 3. The van der Waals surface area contributed by atoms with E-state index in [0.717, 1.165) is 31.6 Å². The zero-order valence-corrected chi connectivity index (χ0v) is 11.5. The number of ether oxygens (including phenoxy) is 1. The maximum atomic E-state index is 12.0. The van der Waals surface area contributed by atoms with Gasteiger partial charge in [-0.2, -0.15) is 0 Å². The molecule has 0 bridgehead atoms. The SMILES string of the molecule is COCCC(=O)N1CCC[C@@H](Cc2ccccn2)C1. The van der Waals surface area contributed by atoms with Crippen LogP contribution in [0.5, 0.6) is 0 Å². The number of carbonyl (C=O) groups is 1. The van der Waals surface area contributed by atoms with Gasteiger partial charge >= 0.3 is 0 Å². The van der Waals surface area contributed by atoms with Crippen molar-refractivity contribution in [3.63, 3.8) is 0 Å². The minimum Gasteiger partial charge on any atom is -0.384 e. The number of piperidine rings is 1. The summed E-state index contributed by atoms with van der Waals surface area (Å²) in [7, 11) is 1.63. The average Bonchev–Trinajstić information content (AvgIpc) is 2.46. The quantitative estimate of drug-likeness (QED) is 0.814. The smallest absolute Gasteiger partial charge is 0.224 e. The maximum absolute atomic E-state index is 12.0. The molecular weight excluding hydrogens is 240 g/mol. The lowest BCUT2D eigenvalue weighted by Crippen LogP contribution is -2.40. The number of rotatable bonds is 5. The van der Waals surface area contributed by atoms with Gasteiger partial charge < -0.3 is 9.64 Å². The molecule has 1 atom stereocenters. The molecule has 1 aliphatic rings. The van der Waals surface area contributed by atoms with Gasteiger partial charge in [-0.05, 0) is 37.3 Å². The van der Waals surface area contributed by atoms with Crippen LogP contribution in [0.3, 0.4) is 0 Å². The zero-order valence-electron chi connectivity index (χ0n) is 11.5. The number of nitrogens with zero attached hydrogens (tertiary/aromatic N) is 2. The van der Waals surface area contributed by atoms with Gasteiger partial charge in [-0.25, -0.2) is 0 Å². The Morgan fingerprint density at radius 1 is 1.53 bits per heavy atom. The van der Waals surface area contributed by atoms with Crippen LogP contribution >= 0.6 is 0 Å². The van der Waals surface area contributed by atoms with Crippen molar-refractivity contribution in [2.75, 3.05) is 26.8 Å². The Hall–Kier alpha value is -1.42. The van der Waals surface area contributed by atoms with Gasteiger partial charge in [-0.1, -0.05) is 6.07 Å². The molecule has 0 N–H and O–H groups in total. The summed E-state index contributed by atoms with van der Waals surface area (Å²) in [5, 5.41) is 0. The molecule has 0 saturated carbocycles. The number of carbonyl (C=O) groups excluding carboxylic acids is 1. The minimum absolute atomic E-state index is 0.215. The summed E-state index contributed by atoms with van der Waals surface area (Å²) in [5.74, 6) is 0.753. The fourth-order valence-corrected chi connectivity index (χ4v) is 2.62. The van der Waals surface area contributed by atoms with Crippen LogP contribution in [-0.4, -0.2) is 42.6 Å². The summed E-state index contributed by atoms with van der Waals surface area (Å²) < 4.78 is 4.97. The van der Waals surface area contributed by atoms with Crippen LogP contribution in [0, 0.1) is 5.92 Å². The molecule has 1 saturated heterocycles. The zero-order chi connectivity index (χ0) is 13.5. The number of aromatic nitrogens is 1. The number of hydrogen-bond donors (Lipinski definition) is 0. The summed E-state index contributed by atoms with van der Waals surface area (Å²) in [6, 6.07) is 6.02. The molecule has 1 aliphatic heterocycles. The van der Waals surface area contributed by atoms with E-state index in [1.807, 2.05) is 23.2 Å². The van der Waals surface area contributed by atoms with E-state index in [1.165, 1.54) is 6.42 Å². The molecule has 1 amide bonds. The molecule has 104 valence electrons. The van der Waals surface area contributed by atoms with Crippen molar-refractivity contribution >= 4 is 5.91 Å². The van der Waals surface area contributed by atoms with Crippen LogP contribution in [0.25, 0.3) is 0 Å². The van der Waals surface area contributed by atoms with Crippen LogP contribution in [-0.2, 0) is 16.0 Å². The highest BCUT2D eigenvalue weighted by molar-refractivity contribution is 5.76. The Balaban J connectivity index is 1.85. The van der Waals surface area contributed by atoms with Gasteiger partial charge in [0, 0.05) is 32.1 Å². The number of likely N-dealkylation sites (tertiary alicyclic amines) is 1. The van der Waals surface area contributed by atoms with Crippen LogP contribution in [0.1, 0.15) is 25.0 Å². The van der Waals surface area contributed by atoms with Crippen LogP contribution in [0.15, 0.2) is 24.4 Å². The molecule has 1 aromatic rings. The molecule has 2 heterocycles. The van der Waals surface area contributed by atoms with Gasteiger partial charge in [0.2, 0.25) is 5.91 Å². The standard InChI is InChI=1S/C15H22N2O2/c1-19-10-7-15(18)17-9-4-5-13(12-17)11-14-6-2-3-8-16-14/h2-3,6,8,13H,4-5,7,9-12H2,1H3/t13-/m0/s1. The van der Waals surface area contributed by atoms with E-state index in [0.29, 0.717) is 18.9 Å². The van der Waals surface area contributed by atoms with E-state index in [-0.39, 0.29) is 5.91 Å². The van der Waals surface area contributed by atoms with Gasteiger partial charge in [-0.3, -0.25) is 9.78 Å². The molecule has 0 unspecified atom stereocenters. The predicted molar refractivity (Wildman–Crippen MR) is 73.7 cm³/mol. The van der Waals surface area contributed by atoms with Crippen LogP contribution < -0.4 is 0 Å². The summed E-state index contributed by atoms with van der Waals surface area (Å²) >= 11 is 0. The average molecular weight is 262 g/mol. The molecule has 1 aromatic heterocycles. The Labute approximate surface area is 114 Å². The summed E-state index contributed by atoms with van der Waals surface area (Å²) in [6.07, 6.45) is 5.57. The van der Waals surface area contributed by atoms with Crippen molar-refractivity contribution in [1.82, 2.24) is 9.88 Å². The van der Waals surface area contributed by atoms with Crippen LogP contribution in [0.2, 0.25) is 0 Å². The Morgan fingerprint density at radius 3 is 3.16 bits per heavy atom. The van der Waals surface area contributed by atoms with Gasteiger partial charge in [-0.15, -0.1) is 0 Å². The van der Waals surface area contributed by atoms with E-state index in [4.69, 9.17) is 4.74 Å². The molecule has 0 radical (unpaired) electrons. The fraction of sp³-hybridized carbons (Fsp3) is 0.600. The van der Waals surface area contributed by atoms with Crippen molar-refractivity contribution in [2.24, 2.45) is 5.92 Å². The molecule has 1 fully saturated rings. The van der Waals surface area contributed by atoms with E-state index in [9.17, 15) is 4.79 Å². The van der Waals surface area contributed by atoms with Crippen LogP contribution in [0.4, 0.5) is 0 Å². The van der Waals surface area contributed by atoms with E-state index in [1.54, 1.807) is 7.11 Å². The molecule has 0 spiro atoms. The first kappa shape index (κ1) is 14.0. The third-order valence-electron chi connectivity index (χ3n) is 3.62. The molecule has 19 heavy (non-hydrogen) atoms. The third kappa shape index (κ3) is 4.31. The lowest BCUT2D eigenvalue weighted by Gasteiger charge is -2.32. The van der Waals surface area contributed by atoms with Gasteiger partial charge in [0.1, 0.15) is 0 Å². The Bertz CT molecular complexity index is 394. The van der Waals surface area contributed by atoms with E-state index >= 15 is 0 Å². The second kappa shape index (κ2) is 7.24. The minimum atomic E-state index is 0.215. The number of pyridine rings is 1. The molecule has 2 rings (SSSR count). The molecule has 4 nitrogen and oxygen atoms in total. The molecule has 0 aliphatic carbocycles. The van der Waals surface area contributed by atoms with Crippen molar-refractivity contribution in [1.29, 1.82) is 0 Å². The highest BCUT2D eigenvalue weighted by Gasteiger charge is 2.23. The maximum Gasteiger partial charge on any atom is 0.224 e. The first-order valence-corrected chi connectivity index (χ1v) is 6.96. The van der Waals surface area contributed by atoms with E-state index < -0.39 is 0 Å². The highest BCUT2D eigenvalue weighted by Crippen LogP contribution is 2.20.